The van der Waals surface area contributed by atoms with E-state index in [1.165, 1.54) is 62.5 Å². The SMILES string of the molecule is CC1=CC(C)C(C)(O)C2=C1CC[C@@](C)(CCC[C@H](C)CCC[C@H](C)CCCC(C)C)O2. The molecule has 0 bridgehead atoms. The van der Waals surface area contributed by atoms with E-state index in [1.54, 1.807) is 0 Å². The van der Waals surface area contributed by atoms with Crippen molar-refractivity contribution in [2.45, 2.75) is 137 Å². The van der Waals surface area contributed by atoms with E-state index in [4.69, 9.17) is 4.74 Å². The van der Waals surface area contributed by atoms with Crippen molar-refractivity contribution in [1.82, 2.24) is 0 Å². The van der Waals surface area contributed by atoms with E-state index in [2.05, 4.69) is 54.5 Å². The van der Waals surface area contributed by atoms with Crippen LogP contribution in [0, 0.1) is 23.7 Å². The first-order valence-electron chi connectivity index (χ1n) is 13.3. The fourth-order valence-corrected chi connectivity index (χ4v) is 5.47. The third-order valence-corrected chi connectivity index (χ3v) is 8.12. The minimum Gasteiger partial charge on any atom is -0.489 e. The van der Waals surface area contributed by atoms with Gasteiger partial charge in [-0.2, -0.15) is 0 Å². The van der Waals surface area contributed by atoms with Gasteiger partial charge >= 0.3 is 0 Å². The maximum absolute atomic E-state index is 11.1. The number of ether oxygens (including phenoxy) is 1. The standard InChI is InChI=1S/C29H52O2/c1-21(2)12-9-13-22(3)14-10-15-23(4)16-11-18-28(7)19-17-26-24(5)20-25(6)29(8,30)27(26)31-28/h20-23,25,30H,9-19H2,1-8H3/t22-,23-,25?,28-,29?/m1/s1. The molecule has 0 aromatic heterocycles. The average Bonchev–Trinajstić information content (AvgIpc) is 2.66. The highest BCUT2D eigenvalue weighted by Gasteiger charge is 2.44. The molecule has 1 N–H and O–H groups in total. The summed E-state index contributed by atoms with van der Waals surface area (Å²) >= 11 is 0. The highest BCUT2D eigenvalue weighted by atomic mass is 16.5. The third-order valence-electron chi connectivity index (χ3n) is 8.12. The van der Waals surface area contributed by atoms with Crippen LogP contribution in [0.25, 0.3) is 0 Å². The molecule has 0 radical (unpaired) electrons. The van der Waals surface area contributed by atoms with Crippen LogP contribution in [-0.4, -0.2) is 16.3 Å². The zero-order chi connectivity index (χ0) is 23.2. The lowest BCUT2D eigenvalue weighted by Gasteiger charge is -2.46. The molecule has 2 nitrogen and oxygen atoms in total. The Morgan fingerprint density at radius 3 is 2.10 bits per heavy atom. The Morgan fingerprint density at radius 1 is 0.968 bits per heavy atom. The number of hydrogen-bond acceptors (Lipinski definition) is 2. The second-order valence-corrected chi connectivity index (χ2v) is 12.0. The van der Waals surface area contributed by atoms with E-state index >= 15 is 0 Å². The number of rotatable bonds is 12. The molecular formula is C29H52O2. The fraction of sp³-hybridized carbons (Fsp3) is 0.862. The number of aliphatic hydroxyl groups is 1. The van der Waals surface area contributed by atoms with Crippen LogP contribution in [0.2, 0.25) is 0 Å². The molecule has 2 heteroatoms. The number of allylic oxidation sites excluding steroid dienone is 2. The van der Waals surface area contributed by atoms with E-state index in [0.29, 0.717) is 0 Å². The monoisotopic (exact) mass is 432 g/mol. The fourth-order valence-electron chi connectivity index (χ4n) is 5.47. The first kappa shape index (κ1) is 26.5. The van der Waals surface area contributed by atoms with Gasteiger partial charge < -0.3 is 9.84 Å². The van der Waals surface area contributed by atoms with Crippen LogP contribution < -0.4 is 0 Å². The van der Waals surface area contributed by atoms with Gasteiger partial charge in [-0.05, 0) is 75.4 Å². The van der Waals surface area contributed by atoms with Crippen molar-refractivity contribution < 1.29 is 9.84 Å². The van der Waals surface area contributed by atoms with Crippen molar-refractivity contribution in [3.63, 3.8) is 0 Å². The summed E-state index contributed by atoms with van der Waals surface area (Å²) in [5.41, 5.74) is 1.53. The molecule has 1 aliphatic carbocycles. The van der Waals surface area contributed by atoms with Crippen molar-refractivity contribution in [2.24, 2.45) is 23.7 Å². The molecule has 2 aliphatic rings. The zero-order valence-electron chi connectivity index (χ0n) is 22.0. The van der Waals surface area contributed by atoms with Gasteiger partial charge in [0.2, 0.25) is 0 Å². The van der Waals surface area contributed by atoms with E-state index in [1.807, 2.05) is 6.92 Å². The third kappa shape index (κ3) is 7.65. The quantitative estimate of drug-likeness (QED) is 0.334. The van der Waals surface area contributed by atoms with Gasteiger partial charge in [-0.25, -0.2) is 0 Å². The molecule has 1 aliphatic heterocycles. The van der Waals surface area contributed by atoms with Crippen molar-refractivity contribution in [3.8, 4) is 0 Å². The molecule has 2 unspecified atom stereocenters. The van der Waals surface area contributed by atoms with E-state index in [0.717, 1.165) is 42.8 Å². The Morgan fingerprint density at radius 2 is 1.52 bits per heavy atom. The summed E-state index contributed by atoms with van der Waals surface area (Å²) < 4.78 is 6.57. The molecule has 180 valence electrons. The van der Waals surface area contributed by atoms with Crippen molar-refractivity contribution in [2.75, 3.05) is 0 Å². The highest BCUT2D eigenvalue weighted by Crippen LogP contribution is 2.46. The summed E-state index contributed by atoms with van der Waals surface area (Å²) in [5.74, 6) is 3.48. The van der Waals surface area contributed by atoms with Gasteiger partial charge in [-0.15, -0.1) is 0 Å². The summed E-state index contributed by atoms with van der Waals surface area (Å²) in [4.78, 5) is 0. The molecule has 0 saturated heterocycles. The van der Waals surface area contributed by atoms with Gasteiger partial charge in [0, 0.05) is 5.92 Å². The van der Waals surface area contributed by atoms with Crippen LogP contribution in [0.5, 0.6) is 0 Å². The van der Waals surface area contributed by atoms with E-state index < -0.39 is 5.60 Å². The molecule has 0 amide bonds. The molecule has 0 fully saturated rings. The van der Waals surface area contributed by atoms with Crippen molar-refractivity contribution in [3.05, 3.63) is 23.0 Å². The lowest BCUT2D eigenvalue weighted by molar-refractivity contribution is -0.0846. The molecule has 31 heavy (non-hydrogen) atoms. The van der Waals surface area contributed by atoms with Crippen LogP contribution in [0.15, 0.2) is 23.0 Å². The Balaban J connectivity index is 1.72. The summed E-state index contributed by atoms with van der Waals surface area (Å²) in [5, 5.41) is 11.1. The number of hydrogen-bond donors (Lipinski definition) is 1. The van der Waals surface area contributed by atoms with Gasteiger partial charge in [0.15, 0.2) is 0 Å². The average molecular weight is 433 g/mol. The minimum atomic E-state index is -0.879. The van der Waals surface area contributed by atoms with Gasteiger partial charge in [0.05, 0.1) is 0 Å². The summed E-state index contributed by atoms with van der Waals surface area (Å²) in [6.07, 6.45) is 16.2. The van der Waals surface area contributed by atoms with Crippen molar-refractivity contribution in [1.29, 1.82) is 0 Å². The molecule has 0 saturated carbocycles. The summed E-state index contributed by atoms with van der Waals surface area (Å²) in [6.45, 7) is 18.0. The van der Waals surface area contributed by atoms with Crippen LogP contribution in [0.4, 0.5) is 0 Å². The zero-order valence-corrected chi connectivity index (χ0v) is 22.0. The van der Waals surface area contributed by atoms with Crippen LogP contribution in [-0.2, 0) is 4.74 Å². The second-order valence-electron chi connectivity index (χ2n) is 12.0. The largest absolute Gasteiger partial charge is 0.489 e. The molecule has 0 spiro atoms. The minimum absolute atomic E-state index is 0.0985. The van der Waals surface area contributed by atoms with Gasteiger partial charge in [0.25, 0.3) is 0 Å². The molecule has 0 aromatic carbocycles. The van der Waals surface area contributed by atoms with E-state index in [-0.39, 0.29) is 11.5 Å². The lowest BCUT2D eigenvalue weighted by atomic mass is 9.75. The summed E-state index contributed by atoms with van der Waals surface area (Å²) in [7, 11) is 0. The first-order valence-corrected chi connectivity index (χ1v) is 13.3. The van der Waals surface area contributed by atoms with E-state index in [9.17, 15) is 5.11 Å². The molecule has 1 heterocycles. The summed E-state index contributed by atoms with van der Waals surface area (Å²) in [6, 6.07) is 0. The van der Waals surface area contributed by atoms with Gasteiger partial charge in [0.1, 0.15) is 17.0 Å². The first-order chi connectivity index (χ1) is 14.4. The topological polar surface area (TPSA) is 29.5 Å². The second kappa shape index (κ2) is 11.4. The lowest BCUT2D eigenvalue weighted by Crippen LogP contribution is -2.45. The Hall–Kier alpha value is -0.760. The predicted molar refractivity (Wildman–Crippen MR) is 134 cm³/mol. The van der Waals surface area contributed by atoms with Gasteiger partial charge in [-0.3, -0.25) is 0 Å². The van der Waals surface area contributed by atoms with Crippen LogP contribution in [0.3, 0.4) is 0 Å². The molecule has 0 aromatic rings. The van der Waals surface area contributed by atoms with Gasteiger partial charge in [-0.1, -0.05) is 85.6 Å². The van der Waals surface area contributed by atoms with Crippen LogP contribution in [0.1, 0.15) is 126 Å². The molecule has 2 rings (SSSR count). The normalized spacial score (nSPS) is 30.6. The smallest absolute Gasteiger partial charge is 0.132 e. The van der Waals surface area contributed by atoms with Crippen molar-refractivity contribution >= 4 is 0 Å². The molecular weight excluding hydrogens is 380 g/mol. The predicted octanol–water partition coefficient (Wildman–Crippen LogP) is 8.60. The Labute approximate surface area is 193 Å². The van der Waals surface area contributed by atoms with Crippen LogP contribution >= 0.6 is 0 Å². The maximum Gasteiger partial charge on any atom is 0.132 e. The Kier molecular flexibility index (Phi) is 9.74. The molecule has 5 atom stereocenters. The highest BCUT2D eigenvalue weighted by molar-refractivity contribution is 5.42. The Bertz CT molecular complexity index is 627. The maximum atomic E-state index is 11.1.